The van der Waals surface area contributed by atoms with Gasteiger partial charge in [0.25, 0.3) is 5.56 Å². The third-order valence-corrected chi connectivity index (χ3v) is 6.84. The van der Waals surface area contributed by atoms with Gasteiger partial charge in [-0.3, -0.25) is 9.36 Å². The highest BCUT2D eigenvalue weighted by atomic mass is 19.1. The number of benzene rings is 2. The van der Waals surface area contributed by atoms with Gasteiger partial charge in [0.2, 0.25) is 5.95 Å². The van der Waals surface area contributed by atoms with Crippen LogP contribution in [-0.2, 0) is 5.41 Å². The van der Waals surface area contributed by atoms with Crippen molar-refractivity contribution < 1.29 is 13.6 Å². The van der Waals surface area contributed by atoms with Crippen LogP contribution in [-0.4, -0.2) is 37.6 Å². The van der Waals surface area contributed by atoms with Crippen molar-refractivity contribution in [3.05, 3.63) is 88.7 Å². The number of carbonyl (C=O) groups excluding carboxylic acids is 1. The Bertz CT molecular complexity index is 1950. The molecule has 0 fully saturated rings. The summed E-state index contributed by atoms with van der Waals surface area (Å²) in [4.78, 5) is 44.5. The third-order valence-electron chi connectivity index (χ3n) is 6.84. The van der Waals surface area contributed by atoms with E-state index in [2.05, 4.69) is 35.9 Å². The van der Waals surface area contributed by atoms with Crippen LogP contribution < -0.4 is 21.5 Å². The molecule has 0 saturated carbocycles. The summed E-state index contributed by atoms with van der Waals surface area (Å²) in [5.41, 5.74) is 1.18. The summed E-state index contributed by atoms with van der Waals surface area (Å²) >= 11 is 0. The highest BCUT2D eigenvalue weighted by Gasteiger charge is 2.22. The van der Waals surface area contributed by atoms with E-state index >= 15 is 0 Å². The summed E-state index contributed by atoms with van der Waals surface area (Å²) in [5.74, 6) is -0.304. The Morgan fingerprint density at radius 1 is 0.909 bits per heavy atom. The lowest BCUT2D eigenvalue weighted by atomic mass is 9.95. The van der Waals surface area contributed by atoms with Crippen molar-refractivity contribution >= 4 is 34.4 Å². The molecule has 3 N–H and O–H groups in total. The molecule has 44 heavy (non-hydrogen) atoms. The molecule has 0 saturated heterocycles. The molecule has 5 rings (SSSR count). The molecule has 2 aromatic carbocycles. The number of hydrogen-bond acceptors (Lipinski definition) is 7. The topological polar surface area (TPSA) is 127 Å². The molecule has 2 amide bonds. The van der Waals surface area contributed by atoms with Gasteiger partial charge in [0.1, 0.15) is 23.1 Å². The van der Waals surface area contributed by atoms with E-state index in [4.69, 9.17) is 0 Å². The van der Waals surface area contributed by atoms with Gasteiger partial charge in [0, 0.05) is 41.2 Å². The molecule has 0 unspecified atom stereocenters. The average molecular weight is 599 g/mol. The average Bonchev–Trinajstić information content (AvgIpc) is 2.97. The van der Waals surface area contributed by atoms with Gasteiger partial charge >= 0.3 is 6.03 Å². The first-order chi connectivity index (χ1) is 20.8. The van der Waals surface area contributed by atoms with Crippen LogP contribution in [0, 0.1) is 11.6 Å². The zero-order valence-corrected chi connectivity index (χ0v) is 25.2. The SMILES string of the molecule is CNc1ncc2cc(-c3ccc(F)c(NC(=O)Nc4cnc(C(C)(C)C)nc4-c4cccc(F)c4)c3)c(=O)n(C(C)C)c2n1. The first-order valence-electron chi connectivity index (χ1n) is 14.0. The van der Waals surface area contributed by atoms with E-state index in [1.165, 1.54) is 36.5 Å². The fourth-order valence-corrected chi connectivity index (χ4v) is 4.68. The molecule has 10 nitrogen and oxygen atoms in total. The summed E-state index contributed by atoms with van der Waals surface area (Å²) in [6, 6.07) is 10.5. The second-order valence-electron chi connectivity index (χ2n) is 11.5. The maximum atomic E-state index is 15.0. The molecular weight excluding hydrogens is 566 g/mol. The Labute approximate surface area is 252 Å². The quantitative estimate of drug-likeness (QED) is 0.197. The van der Waals surface area contributed by atoms with Crippen LogP contribution in [0.1, 0.15) is 46.5 Å². The number of fused-ring (bicyclic) bond motifs is 1. The minimum Gasteiger partial charge on any atom is -0.357 e. The third kappa shape index (κ3) is 6.10. The monoisotopic (exact) mass is 598 g/mol. The fraction of sp³-hybridized carbons (Fsp3) is 0.250. The highest BCUT2D eigenvalue weighted by molar-refractivity contribution is 6.02. The Morgan fingerprint density at radius 3 is 2.34 bits per heavy atom. The van der Waals surface area contributed by atoms with Gasteiger partial charge in [-0.05, 0) is 49.7 Å². The zero-order valence-electron chi connectivity index (χ0n) is 25.2. The largest absolute Gasteiger partial charge is 0.357 e. The van der Waals surface area contributed by atoms with Gasteiger partial charge in [0.05, 0.1) is 23.3 Å². The van der Waals surface area contributed by atoms with E-state index < -0.39 is 23.1 Å². The molecule has 3 aromatic heterocycles. The normalized spacial score (nSPS) is 11.6. The van der Waals surface area contributed by atoms with Gasteiger partial charge in [-0.15, -0.1) is 0 Å². The molecule has 0 bridgehead atoms. The van der Waals surface area contributed by atoms with E-state index in [1.807, 2.05) is 34.6 Å². The predicted molar refractivity (Wildman–Crippen MR) is 168 cm³/mol. The number of rotatable bonds is 6. The Balaban J connectivity index is 1.50. The maximum Gasteiger partial charge on any atom is 0.323 e. The van der Waals surface area contributed by atoms with Crippen molar-refractivity contribution in [1.82, 2.24) is 24.5 Å². The van der Waals surface area contributed by atoms with E-state index in [1.54, 1.807) is 36.0 Å². The van der Waals surface area contributed by atoms with Gasteiger partial charge in [-0.1, -0.05) is 39.0 Å². The molecule has 3 heterocycles. The number of nitrogens with zero attached hydrogens (tertiary/aromatic N) is 5. The standard InChI is InChI=1S/C32H32F2N8O2/c1-17(2)42-27-20(15-37-30(35-6)41-27)13-22(28(42)43)18-10-11-23(34)24(14-18)38-31(44)39-25-16-36-29(32(3,4)5)40-26(25)19-8-7-9-21(33)12-19/h7-17H,1-6H3,(H,35,37,41)(H2,38,39,44). The van der Waals surface area contributed by atoms with Crippen LogP contribution in [0.5, 0.6) is 0 Å². The summed E-state index contributed by atoms with van der Waals surface area (Å²) < 4.78 is 30.6. The number of nitrogens with one attached hydrogen (secondary N) is 3. The number of halogens is 2. The number of anilines is 3. The first kappa shape index (κ1) is 30.2. The lowest BCUT2D eigenvalue weighted by Crippen LogP contribution is -2.25. The summed E-state index contributed by atoms with van der Waals surface area (Å²) in [6.07, 6.45) is 3.04. The minimum absolute atomic E-state index is 0.156. The summed E-state index contributed by atoms with van der Waals surface area (Å²) in [6.45, 7) is 9.54. The van der Waals surface area contributed by atoms with Crippen LogP contribution in [0.3, 0.4) is 0 Å². The number of amides is 2. The Morgan fingerprint density at radius 2 is 1.66 bits per heavy atom. The zero-order chi connectivity index (χ0) is 31.8. The van der Waals surface area contributed by atoms with Crippen molar-refractivity contribution in [2.24, 2.45) is 0 Å². The van der Waals surface area contributed by atoms with Crippen molar-refractivity contribution in [3.8, 4) is 22.4 Å². The highest BCUT2D eigenvalue weighted by Crippen LogP contribution is 2.30. The Kier molecular flexibility index (Phi) is 8.09. The predicted octanol–water partition coefficient (Wildman–Crippen LogP) is 6.76. The number of carbonyl (C=O) groups is 1. The molecule has 0 aliphatic carbocycles. The molecule has 5 aromatic rings. The van der Waals surface area contributed by atoms with Crippen LogP contribution >= 0.6 is 0 Å². The van der Waals surface area contributed by atoms with E-state index in [-0.39, 0.29) is 28.5 Å². The van der Waals surface area contributed by atoms with Crippen molar-refractivity contribution in [2.75, 3.05) is 23.0 Å². The first-order valence-corrected chi connectivity index (χ1v) is 14.0. The van der Waals surface area contributed by atoms with Crippen molar-refractivity contribution in [3.63, 3.8) is 0 Å². The second kappa shape index (κ2) is 11.8. The number of pyridine rings is 1. The number of hydrogen-bond donors (Lipinski definition) is 3. The lowest BCUT2D eigenvalue weighted by molar-refractivity contribution is 0.262. The molecule has 0 aliphatic heterocycles. The van der Waals surface area contributed by atoms with Crippen LogP contribution in [0.15, 0.2) is 65.7 Å². The Hall–Kier alpha value is -5.26. The molecule has 12 heteroatoms. The second-order valence-corrected chi connectivity index (χ2v) is 11.5. The number of aromatic nitrogens is 5. The summed E-state index contributed by atoms with van der Waals surface area (Å²) in [7, 11) is 1.69. The van der Waals surface area contributed by atoms with Crippen molar-refractivity contribution in [2.45, 2.75) is 46.1 Å². The smallest absolute Gasteiger partial charge is 0.323 e. The minimum atomic E-state index is -0.781. The lowest BCUT2D eigenvalue weighted by Gasteiger charge is -2.19. The van der Waals surface area contributed by atoms with Crippen LogP contribution in [0.2, 0.25) is 0 Å². The number of urea groups is 1. The van der Waals surface area contributed by atoms with E-state index in [0.717, 1.165) is 0 Å². The van der Waals surface area contributed by atoms with Gasteiger partial charge < -0.3 is 16.0 Å². The molecule has 0 radical (unpaired) electrons. The van der Waals surface area contributed by atoms with Crippen LogP contribution in [0.4, 0.5) is 30.9 Å². The van der Waals surface area contributed by atoms with Gasteiger partial charge in [0.15, 0.2) is 0 Å². The van der Waals surface area contributed by atoms with E-state index in [9.17, 15) is 18.4 Å². The summed E-state index contributed by atoms with van der Waals surface area (Å²) in [5, 5.41) is 8.67. The van der Waals surface area contributed by atoms with Gasteiger partial charge in [-0.25, -0.2) is 28.5 Å². The maximum absolute atomic E-state index is 15.0. The molecule has 226 valence electrons. The van der Waals surface area contributed by atoms with Crippen LogP contribution in [0.25, 0.3) is 33.4 Å². The molecule has 0 aliphatic rings. The fourth-order valence-electron chi connectivity index (χ4n) is 4.68. The molecule has 0 atom stereocenters. The van der Waals surface area contributed by atoms with Crippen molar-refractivity contribution in [1.29, 1.82) is 0 Å². The molecule has 0 spiro atoms. The molecular formula is C32H32F2N8O2. The van der Waals surface area contributed by atoms with E-state index in [0.29, 0.717) is 39.6 Å². The van der Waals surface area contributed by atoms with Gasteiger partial charge in [-0.2, -0.15) is 4.98 Å².